The van der Waals surface area contributed by atoms with Crippen molar-refractivity contribution >= 4 is 0 Å². The van der Waals surface area contributed by atoms with Gasteiger partial charge >= 0.3 is 0 Å². The van der Waals surface area contributed by atoms with Crippen molar-refractivity contribution in [2.45, 2.75) is 45.4 Å². The van der Waals surface area contributed by atoms with Crippen molar-refractivity contribution in [2.24, 2.45) is 11.3 Å². The van der Waals surface area contributed by atoms with Crippen LogP contribution in [0.3, 0.4) is 0 Å². The molecular weight excluding hydrogens is 148 g/mol. The van der Waals surface area contributed by atoms with Crippen molar-refractivity contribution in [1.82, 2.24) is 0 Å². The molecule has 1 saturated carbocycles. The van der Waals surface area contributed by atoms with E-state index in [1.54, 1.807) is 0 Å². The van der Waals surface area contributed by atoms with E-state index >= 15 is 0 Å². The second-order valence-corrected chi connectivity index (χ2v) is 4.78. The van der Waals surface area contributed by atoms with Gasteiger partial charge in [0, 0.05) is 13.2 Å². The fourth-order valence-corrected chi connectivity index (χ4v) is 2.85. The third-order valence-electron chi connectivity index (χ3n) is 3.91. The molecule has 0 bridgehead atoms. The Morgan fingerprint density at radius 1 is 1.17 bits per heavy atom. The Hall–Kier alpha value is -0.0400. The standard InChI is InChI=1S/C11H20O/c1-11(6-3-2-4-7-11)10-5-8-12-9-10/h10H,2-9H2,1H3. The minimum atomic E-state index is 0.634. The summed E-state index contributed by atoms with van der Waals surface area (Å²) in [5, 5.41) is 0. The molecule has 0 radical (unpaired) electrons. The van der Waals surface area contributed by atoms with Gasteiger partial charge in [0.25, 0.3) is 0 Å². The first-order valence-corrected chi connectivity index (χ1v) is 5.39. The van der Waals surface area contributed by atoms with E-state index in [2.05, 4.69) is 6.92 Å². The number of hydrogen-bond donors (Lipinski definition) is 0. The molecule has 12 heavy (non-hydrogen) atoms. The van der Waals surface area contributed by atoms with Gasteiger partial charge in [-0.05, 0) is 30.6 Å². The van der Waals surface area contributed by atoms with Crippen molar-refractivity contribution in [1.29, 1.82) is 0 Å². The Kier molecular flexibility index (Phi) is 2.40. The van der Waals surface area contributed by atoms with E-state index in [1.165, 1.54) is 38.5 Å². The highest BCUT2D eigenvalue weighted by Gasteiger charge is 2.37. The summed E-state index contributed by atoms with van der Waals surface area (Å²) in [4.78, 5) is 0. The fourth-order valence-electron chi connectivity index (χ4n) is 2.85. The second kappa shape index (κ2) is 3.37. The average Bonchev–Trinajstić information content (AvgIpc) is 2.58. The number of rotatable bonds is 1. The van der Waals surface area contributed by atoms with E-state index in [9.17, 15) is 0 Å². The maximum Gasteiger partial charge on any atom is 0.0500 e. The predicted octanol–water partition coefficient (Wildman–Crippen LogP) is 2.99. The minimum absolute atomic E-state index is 0.634. The lowest BCUT2D eigenvalue weighted by atomic mass is 9.67. The summed E-state index contributed by atoms with van der Waals surface area (Å²) in [5.74, 6) is 0.873. The van der Waals surface area contributed by atoms with Crippen LogP contribution in [-0.4, -0.2) is 13.2 Å². The maximum absolute atomic E-state index is 5.48. The first kappa shape index (κ1) is 8.55. The number of hydrogen-bond acceptors (Lipinski definition) is 1. The average molecular weight is 168 g/mol. The van der Waals surface area contributed by atoms with Gasteiger partial charge in [-0.3, -0.25) is 0 Å². The van der Waals surface area contributed by atoms with Crippen molar-refractivity contribution in [3.8, 4) is 0 Å². The molecule has 2 aliphatic rings. The Morgan fingerprint density at radius 2 is 1.92 bits per heavy atom. The molecule has 1 heterocycles. The normalized spacial score (nSPS) is 35.2. The van der Waals surface area contributed by atoms with Gasteiger partial charge in [-0.25, -0.2) is 0 Å². The van der Waals surface area contributed by atoms with Crippen molar-refractivity contribution < 1.29 is 4.74 Å². The molecule has 0 spiro atoms. The quantitative estimate of drug-likeness (QED) is 0.585. The molecule has 1 nitrogen and oxygen atoms in total. The van der Waals surface area contributed by atoms with Crippen molar-refractivity contribution in [3.05, 3.63) is 0 Å². The van der Waals surface area contributed by atoms with Gasteiger partial charge in [0.2, 0.25) is 0 Å². The zero-order valence-corrected chi connectivity index (χ0v) is 8.14. The first-order valence-electron chi connectivity index (χ1n) is 5.39. The third-order valence-corrected chi connectivity index (χ3v) is 3.91. The Balaban J connectivity index is 1.97. The van der Waals surface area contributed by atoms with Gasteiger partial charge in [-0.15, -0.1) is 0 Å². The topological polar surface area (TPSA) is 9.23 Å². The molecule has 1 aliphatic heterocycles. The molecule has 1 heteroatoms. The van der Waals surface area contributed by atoms with Crippen LogP contribution in [0.2, 0.25) is 0 Å². The summed E-state index contributed by atoms with van der Waals surface area (Å²) in [6, 6.07) is 0. The largest absolute Gasteiger partial charge is 0.381 e. The lowest BCUT2D eigenvalue weighted by molar-refractivity contribution is 0.0955. The molecule has 2 rings (SSSR count). The van der Waals surface area contributed by atoms with E-state index in [4.69, 9.17) is 4.74 Å². The van der Waals surface area contributed by atoms with Gasteiger partial charge in [-0.1, -0.05) is 26.2 Å². The van der Waals surface area contributed by atoms with E-state index in [1.807, 2.05) is 0 Å². The summed E-state index contributed by atoms with van der Waals surface area (Å²) in [5.41, 5.74) is 0.634. The van der Waals surface area contributed by atoms with E-state index in [0.29, 0.717) is 5.41 Å². The third kappa shape index (κ3) is 1.52. The summed E-state index contributed by atoms with van der Waals surface area (Å²) in [6.45, 7) is 4.53. The number of ether oxygens (including phenoxy) is 1. The summed E-state index contributed by atoms with van der Waals surface area (Å²) < 4.78 is 5.48. The Labute approximate surface area is 75.5 Å². The van der Waals surface area contributed by atoms with Crippen LogP contribution >= 0.6 is 0 Å². The summed E-state index contributed by atoms with van der Waals surface area (Å²) in [7, 11) is 0. The molecule has 1 atom stereocenters. The van der Waals surface area contributed by atoms with Crippen LogP contribution in [0.1, 0.15) is 45.4 Å². The highest BCUT2D eigenvalue weighted by atomic mass is 16.5. The molecule has 70 valence electrons. The van der Waals surface area contributed by atoms with E-state index in [0.717, 1.165) is 19.1 Å². The lowest BCUT2D eigenvalue weighted by Crippen LogP contribution is -2.30. The van der Waals surface area contributed by atoms with Crippen LogP contribution in [0, 0.1) is 11.3 Å². The summed E-state index contributed by atoms with van der Waals surface area (Å²) >= 11 is 0. The molecule has 0 amide bonds. The van der Waals surface area contributed by atoms with Gasteiger partial charge < -0.3 is 4.74 Å². The second-order valence-electron chi connectivity index (χ2n) is 4.78. The first-order chi connectivity index (χ1) is 5.81. The van der Waals surface area contributed by atoms with Crippen LogP contribution in [0.15, 0.2) is 0 Å². The highest BCUT2D eigenvalue weighted by Crippen LogP contribution is 2.45. The Morgan fingerprint density at radius 3 is 2.50 bits per heavy atom. The van der Waals surface area contributed by atoms with Crippen molar-refractivity contribution in [2.75, 3.05) is 13.2 Å². The maximum atomic E-state index is 5.48. The molecule has 0 aromatic rings. The van der Waals surface area contributed by atoms with Crippen LogP contribution in [0.5, 0.6) is 0 Å². The molecule has 0 aromatic heterocycles. The van der Waals surface area contributed by atoms with Gasteiger partial charge in [0.15, 0.2) is 0 Å². The summed E-state index contributed by atoms with van der Waals surface area (Å²) in [6.07, 6.45) is 8.57. The molecule has 1 unspecified atom stereocenters. The van der Waals surface area contributed by atoms with Crippen LogP contribution < -0.4 is 0 Å². The van der Waals surface area contributed by atoms with Crippen LogP contribution in [0.25, 0.3) is 0 Å². The van der Waals surface area contributed by atoms with E-state index in [-0.39, 0.29) is 0 Å². The predicted molar refractivity (Wildman–Crippen MR) is 50.1 cm³/mol. The zero-order chi connectivity index (χ0) is 8.44. The van der Waals surface area contributed by atoms with Crippen LogP contribution in [0.4, 0.5) is 0 Å². The van der Waals surface area contributed by atoms with E-state index < -0.39 is 0 Å². The van der Waals surface area contributed by atoms with Gasteiger partial charge in [-0.2, -0.15) is 0 Å². The fraction of sp³-hybridized carbons (Fsp3) is 1.00. The van der Waals surface area contributed by atoms with Crippen molar-refractivity contribution in [3.63, 3.8) is 0 Å². The highest BCUT2D eigenvalue weighted by molar-refractivity contribution is 4.87. The molecule has 0 N–H and O–H groups in total. The Bertz CT molecular complexity index is 141. The van der Waals surface area contributed by atoms with Gasteiger partial charge in [0.05, 0.1) is 0 Å². The molecule has 1 aliphatic carbocycles. The lowest BCUT2D eigenvalue weighted by Gasteiger charge is -2.38. The van der Waals surface area contributed by atoms with Gasteiger partial charge in [0.1, 0.15) is 0 Å². The zero-order valence-electron chi connectivity index (χ0n) is 8.14. The van der Waals surface area contributed by atoms with Crippen LogP contribution in [-0.2, 0) is 4.74 Å². The molecular formula is C11H20O. The minimum Gasteiger partial charge on any atom is -0.381 e. The molecule has 0 aromatic carbocycles. The molecule has 1 saturated heterocycles. The smallest absolute Gasteiger partial charge is 0.0500 e. The molecule has 2 fully saturated rings. The monoisotopic (exact) mass is 168 g/mol. The SMILES string of the molecule is CC1(C2CCOC2)CCCCC1.